The van der Waals surface area contributed by atoms with E-state index in [1.165, 1.54) is 12.1 Å². The highest BCUT2D eigenvalue weighted by Gasteiger charge is 2.06. The SMILES string of the molecule is O=C(NO)c1ccc(OCCNC(=O)c2ccc(-c3cccnc3)cc2)cc1. The van der Waals surface area contributed by atoms with Crippen LogP contribution in [-0.4, -0.2) is 35.2 Å². The summed E-state index contributed by atoms with van der Waals surface area (Å²) in [5.74, 6) is -0.214. The number of hydrogen-bond acceptors (Lipinski definition) is 5. The third-order valence-electron chi connectivity index (χ3n) is 4.02. The monoisotopic (exact) mass is 377 g/mol. The molecule has 7 nitrogen and oxygen atoms in total. The van der Waals surface area contributed by atoms with Crippen LogP contribution in [0.1, 0.15) is 20.7 Å². The summed E-state index contributed by atoms with van der Waals surface area (Å²) in [4.78, 5) is 27.5. The first kappa shape index (κ1) is 19.1. The molecule has 28 heavy (non-hydrogen) atoms. The number of hydroxylamine groups is 1. The lowest BCUT2D eigenvalue weighted by Crippen LogP contribution is -2.28. The van der Waals surface area contributed by atoms with Crippen molar-refractivity contribution in [2.75, 3.05) is 13.2 Å². The predicted octanol–water partition coefficient (Wildman–Crippen LogP) is 2.68. The third kappa shape index (κ3) is 4.93. The second-order valence-electron chi connectivity index (χ2n) is 5.89. The van der Waals surface area contributed by atoms with Gasteiger partial charge in [0.15, 0.2) is 0 Å². The third-order valence-corrected chi connectivity index (χ3v) is 4.02. The number of rotatable bonds is 7. The fourth-order valence-electron chi connectivity index (χ4n) is 2.55. The van der Waals surface area contributed by atoms with E-state index in [2.05, 4.69) is 10.3 Å². The Morgan fingerprint density at radius 3 is 2.21 bits per heavy atom. The number of nitrogens with zero attached hydrogens (tertiary/aromatic N) is 1. The largest absolute Gasteiger partial charge is 0.492 e. The van der Waals surface area contributed by atoms with Crippen LogP contribution in [0.4, 0.5) is 0 Å². The van der Waals surface area contributed by atoms with Crippen molar-refractivity contribution in [1.82, 2.24) is 15.8 Å². The summed E-state index contributed by atoms with van der Waals surface area (Å²) in [6, 6.07) is 17.4. The number of carbonyl (C=O) groups excluding carboxylic acids is 2. The molecule has 1 heterocycles. The Balaban J connectivity index is 1.46. The Bertz CT molecular complexity index is 926. The average molecular weight is 377 g/mol. The van der Waals surface area contributed by atoms with Gasteiger partial charge < -0.3 is 10.1 Å². The van der Waals surface area contributed by atoms with E-state index in [1.807, 2.05) is 24.3 Å². The number of ether oxygens (including phenoxy) is 1. The second-order valence-corrected chi connectivity index (χ2v) is 5.89. The fraction of sp³-hybridized carbons (Fsp3) is 0.0952. The summed E-state index contributed by atoms with van der Waals surface area (Å²) in [5, 5.41) is 11.4. The number of benzene rings is 2. The number of hydrogen-bond donors (Lipinski definition) is 3. The predicted molar refractivity (Wildman–Crippen MR) is 103 cm³/mol. The summed E-state index contributed by atoms with van der Waals surface area (Å²) in [5.41, 5.74) is 4.43. The van der Waals surface area contributed by atoms with Crippen molar-refractivity contribution in [2.24, 2.45) is 0 Å². The van der Waals surface area contributed by atoms with E-state index >= 15 is 0 Å². The molecule has 0 aliphatic carbocycles. The lowest BCUT2D eigenvalue weighted by atomic mass is 10.1. The molecule has 0 spiro atoms. The van der Waals surface area contributed by atoms with Gasteiger partial charge in [-0.25, -0.2) is 5.48 Å². The molecular weight excluding hydrogens is 358 g/mol. The molecule has 0 atom stereocenters. The van der Waals surface area contributed by atoms with E-state index < -0.39 is 5.91 Å². The van der Waals surface area contributed by atoms with E-state index in [-0.39, 0.29) is 12.5 Å². The molecule has 142 valence electrons. The van der Waals surface area contributed by atoms with Gasteiger partial charge in [-0.2, -0.15) is 0 Å². The van der Waals surface area contributed by atoms with Crippen LogP contribution in [0.25, 0.3) is 11.1 Å². The average Bonchev–Trinajstić information content (AvgIpc) is 2.77. The molecule has 0 fully saturated rings. The molecule has 7 heteroatoms. The molecule has 0 bridgehead atoms. The van der Waals surface area contributed by atoms with E-state index in [4.69, 9.17) is 9.94 Å². The standard InChI is InChI=1S/C21H19N3O4/c25-20(16-5-3-15(4-6-16)18-2-1-11-22-14-18)23-12-13-28-19-9-7-17(8-10-19)21(26)24-27/h1-11,14,27H,12-13H2,(H,23,25)(H,24,26). The Morgan fingerprint density at radius 1 is 0.893 bits per heavy atom. The van der Waals surface area contributed by atoms with Gasteiger partial charge in [0.2, 0.25) is 0 Å². The van der Waals surface area contributed by atoms with Crippen molar-refractivity contribution in [3.63, 3.8) is 0 Å². The Labute approximate surface area is 162 Å². The number of aromatic nitrogens is 1. The Morgan fingerprint density at radius 2 is 1.57 bits per heavy atom. The van der Waals surface area contributed by atoms with Gasteiger partial charge in [0.05, 0.1) is 6.54 Å². The highest BCUT2D eigenvalue weighted by atomic mass is 16.5. The first-order valence-corrected chi connectivity index (χ1v) is 8.63. The highest BCUT2D eigenvalue weighted by Crippen LogP contribution is 2.18. The maximum atomic E-state index is 12.2. The van der Waals surface area contributed by atoms with Gasteiger partial charge in [-0.05, 0) is 53.6 Å². The highest BCUT2D eigenvalue weighted by molar-refractivity contribution is 5.94. The number of amides is 2. The molecule has 0 unspecified atom stereocenters. The molecule has 2 aromatic carbocycles. The van der Waals surface area contributed by atoms with Crippen LogP contribution < -0.4 is 15.5 Å². The quantitative estimate of drug-likeness (QED) is 0.334. The maximum absolute atomic E-state index is 12.2. The van der Waals surface area contributed by atoms with Crippen molar-refractivity contribution in [3.8, 4) is 16.9 Å². The fourth-order valence-corrected chi connectivity index (χ4v) is 2.55. The van der Waals surface area contributed by atoms with Gasteiger partial charge in [0.1, 0.15) is 12.4 Å². The van der Waals surface area contributed by atoms with Crippen LogP contribution in [0.3, 0.4) is 0 Å². The molecule has 3 rings (SSSR count). The topological polar surface area (TPSA) is 101 Å². The smallest absolute Gasteiger partial charge is 0.274 e. The second kappa shape index (κ2) is 9.29. The minimum atomic E-state index is -0.589. The maximum Gasteiger partial charge on any atom is 0.274 e. The summed E-state index contributed by atoms with van der Waals surface area (Å²) >= 11 is 0. The molecule has 2 amide bonds. The normalized spacial score (nSPS) is 10.2. The molecule has 0 aliphatic heterocycles. The number of pyridine rings is 1. The molecule has 0 radical (unpaired) electrons. The van der Waals surface area contributed by atoms with Crippen molar-refractivity contribution in [3.05, 3.63) is 84.2 Å². The summed E-state index contributed by atoms with van der Waals surface area (Å²) in [6.45, 7) is 0.618. The van der Waals surface area contributed by atoms with Gasteiger partial charge in [-0.15, -0.1) is 0 Å². The Kier molecular flexibility index (Phi) is 6.33. The molecule has 0 aliphatic rings. The minimum Gasteiger partial charge on any atom is -0.492 e. The lowest BCUT2D eigenvalue weighted by molar-refractivity contribution is 0.0706. The zero-order valence-corrected chi connectivity index (χ0v) is 15.0. The summed E-state index contributed by atoms with van der Waals surface area (Å²) in [6.07, 6.45) is 3.49. The van der Waals surface area contributed by atoms with E-state index in [1.54, 1.807) is 42.1 Å². The van der Waals surface area contributed by atoms with Gasteiger partial charge >= 0.3 is 0 Å². The van der Waals surface area contributed by atoms with Crippen molar-refractivity contribution >= 4 is 11.8 Å². The van der Waals surface area contributed by atoms with Crippen LogP contribution >= 0.6 is 0 Å². The molecule has 1 aromatic heterocycles. The van der Waals surface area contributed by atoms with E-state index in [0.29, 0.717) is 23.4 Å². The lowest BCUT2D eigenvalue weighted by Gasteiger charge is -2.09. The van der Waals surface area contributed by atoms with Crippen LogP contribution in [-0.2, 0) is 0 Å². The van der Waals surface area contributed by atoms with Crippen molar-refractivity contribution in [2.45, 2.75) is 0 Å². The van der Waals surface area contributed by atoms with Gasteiger partial charge in [-0.1, -0.05) is 18.2 Å². The summed E-state index contributed by atoms with van der Waals surface area (Å²) in [7, 11) is 0. The van der Waals surface area contributed by atoms with Crippen molar-refractivity contribution < 1.29 is 19.5 Å². The van der Waals surface area contributed by atoms with Crippen LogP contribution in [0.15, 0.2) is 73.1 Å². The minimum absolute atomic E-state index is 0.184. The van der Waals surface area contributed by atoms with Crippen LogP contribution in [0.2, 0.25) is 0 Å². The Hall–Kier alpha value is -3.71. The van der Waals surface area contributed by atoms with Crippen molar-refractivity contribution in [1.29, 1.82) is 0 Å². The molecule has 3 N–H and O–H groups in total. The van der Waals surface area contributed by atoms with Gasteiger partial charge in [0.25, 0.3) is 11.8 Å². The molecule has 0 saturated carbocycles. The number of nitrogens with one attached hydrogen (secondary N) is 2. The number of carbonyl (C=O) groups is 2. The summed E-state index contributed by atoms with van der Waals surface area (Å²) < 4.78 is 5.52. The first-order chi connectivity index (χ1) is 13.7. The first-order valence-electron chi connectivity index (χ1n) is 8.63. The molecule has 3 aromatic rings. The molecule has 0 saturated heterocycles. The van der Waals surface area contributed by atoms with Gasteiger partial charge in [0, 0.05) is 23.5 Å². The van der Waals surface area contributed by atoms with E-state index in [9.17, 15) is 9.59 Å². The zero-order chi connectivity index (χ0) is 19.8. The zero-order valence-electron chi connectivity index (χ0n) is 15.0. The van der Waals surface area contributed by atoms with Gasteiger partial charge in [-0.3, -0.25) is 19.8 Å². The molecular formula is C21H19N3O4. The van der Waals surface area contributed by atoms with E-state index in [0.717, 1.165) is 11.1 Å². The van der Waals surface area contributed by atoms with Crippen LogP contribution in [0, 0.1) is 0 Å². The van der Waals surface area contributed by atoms with Crippen LogP contribution in [0.5, 0.6) is 5.75 Å².